The summed E-state index contributed by atoms with van der Waals surface area (Å²) in [5.41, 5.74) is 3.38. The van der Waals surface area contributed by atoms with E-state index in [0.717, 1.165) is 34.9 Å². The van der Waals surface area contributed by atoms with Crippen LogP contribution in [-0.2, 0) is 0 Å². The lowest BCUT2D eigenvalue weighted by Gasteiger charge is -2.01. The maximum absolute atomic E-state index is 4.37. The number of hydrogen-bond acceptors (Lipinski definition) is 2. The van der Waals surface area contributed by atoms with Gasteiger partial charge < -0.3 is 0 Å². The lowest BCUT2D eigenvalue weighted by atomic mass is 10.1. The fourth-order valence-electron chi connectivity index (χ4n) is 3.42. The topological polar surface area (TPSA) is 25.8 Å². The quantitative estimate of drug-likeness (QED) is 0.306. The summed E-state index contributed by atoms with van der Waals surface area (Å²) >= 11 is 0. The first-order chi connectivity index (χ1) is 14.9. The summed E-state index contributed by atoms with van der Waals surface area (Å²) in [6.45, 7) is 2.26. The van der Waals surface area contributed by atoms with Crippen LogP contribution in [0.1, 0.15) is 81.5 Å². The maximum atomic E-state index is 4.37. The Balaban J connectivity index is 1.66. The van der Waals surface area contributed by atoms with Gasteiger partial charge in [0.05, 0.1) is 11.1 Å². The van der Waals surface area contributed by atoms with E-state index in [4.69, 9.17) is 0 Å². The standard InChI is InChI=1S/C28H30N2/c1-2-3-4-5-6-7-8-9-10-14-20-28-26(23-22-24-17-12-11-13-18-24)25-19-15-16-21-27(25)29-30-28/h11-13,15-19,21H,2-10H2,1H3. The lowest BCUT2D eigenvalue weighted by Crippen LogP contribution is -1.95. The van der Waals surface area contributed by atoms with Crippen LogP contribution in [0.25, 0.3) is 10.9 Å². The van der Waals surface area contributed by atoms with Crippen molar-refractivity contribution in [1.29, 1.82) is 0 Å². The van der Waals surface area contributed by atoms with Gasteiger partial charge in [0.2, 0.25) is 0 Å². The number of aromatic nitrogens is 2. The van der Waals surface area contributed by atoms with E-state index >= 15 is 0 Å². The van der Waals surface area contributed by atoms with Crippen LogP contribution in [0.3, 0.4) is 0 Å². The molecule has 0 aliphatic rings. The van der Waals surface area contributed by atoms with Crippen molar-refractivity contribution in [3.8, 4) is 23.7 Å². The Hall–Kier alpha value is -3.10. The van der Waals surface area contributed by atoms with E-state index in [9.17, 15) is 0 Å². The van der Waals surface area contributed by atoms with Crippen LogP contribution in [0.4, 0.5) is 0 Å². The van der Waals surface area contributed by atoms with Gasteiger partial charge in [-0.25, -0.2) is 0 Å². The molecule has 0 amide bonds. The zero-order valence-corrected chi connectivity index (χ0v) is 18.0. The Bertz CT molecular complexity index is 1050. The van der Waals surface area contributed by atoms with Gasteiger partial charge in [-0.15, -0.1) is 10.2 Å². The van der Waals surface area contributed by atoms with Gasteiger partial charge in [0.1, 0.15) is 0 Å². The van der Waals surface area contributed by atoms with Gasteiger partial charge in [-0.05, 0) is 30.5 Å². The first-order valence-corrected chi connectivity index (χ1v) is 11.2. The SMILES string of the molecule is CCCCCCCCCCC#Cc1nnc2ccccc2c1C#Cc1ccccc1. The number of fused-ring (bicyclic) bond motifs is 1. The van der Waals surface area contributed by atoms with Gasteiger partial charge in [-0.2, -0.15) is 0 Å². The third-order valence-corrected chi connectivity index (χ3v) is 5.14. The van der Waals surface area contributed by atoms with Gasteiger partial charge in [-0.1, -0.05) is 106 Å². The molecular formula is C28H30N2. The lowest BCUT2D eigenvalue weighted by molar-refractivity contribution is 0.579. The molecule has 2 nitrogen and oxygen atoms in total. The van der Waals surface area contributed by atoms with E-state index in [-0.39, 0.29) is 0 Å². The van der Waals surface area contributed by atoms with Gasteiger partial charge >= 0.3 is 0 Å². The second-order valence-electron chi connectivity index (χ2n) is 7.58. The molecule has 30 heavy (non-hydrogen) atoms. The van der Waals surface area contributed by atoms with Crippen molar-refractivity contribution >= 4 is 10.9 Å². The molecule has 0 saturated heterocycles. The summed E-state index contributed by atoms with van der Waals surface area (Å²) in [5.74, 6) is 13.1. The first kappa shape index (κ1) is 21.6. The molecule has 0 fully saturated rings. The zero-order valence-electron chi connectivity index (χ0n) is 18.0. The van der Waals surface area contributed by atoms with E-state index in [0.29, 0.717) is 5.69 Å². The molecule has 152 valence electrons. The summed E-state index contributed by atoms with van der Waals surface area (Å²) in [5, 5.41) is 9.72. The smallest absolute Gasteiger partial charge is 0.149 e. The van der Waals surface area contributed by atoms with Crippen molar-refractivity contribution < 1.29 is 0 Å². The molecule has 2 heteroatoms. The van der Waals surface area contributed by atoms with E-state index in [1.54, 1.807) is 0 Å². The molecule has 0 atom stereocenters. The highest BCUT2D eigenvalue weighted by atomic mass is 15.1. The fourth-order valence-corrected chi connectivity index (χ4v) is 3.42. The predicted octanol–water partition coefficient (Wildman–Crippen LogP) is 6.91. The number of nitrogens with zero attached hydrogens (tertiary/aromatic N) is 2. The number of unbranched alkanes of at least 4 members (excludes halogenated alkanes) is 8. The molecule has 0 N–H and O–H groups in total. The van der Waals surface area contributed by atoms with Crippen LogP contribution >= 0.6 is 0 Å². The molecule has 0 aliphatic heterocycles. The Kier molecular flexibility index (Phi) is 8.97. The number of benzene rings is 2. The van der Waals surface area contributed by atoms with Crippen LogP contribution in [0.15, 0.2) is 54.6 Å². The molecule has 0 saturated carbocycles. The second kappa shape index (κ2) is 12.5. The van der Waals surface area contributed by atoms with Crippen molar-refractivity contribution in [3.05, 3.63) is 71.4 Å². The molecule has 2 aromatic carbocycles. The van der Waals surface area contributed by atoms with Crippen LogP contribution < -0.4 is 0 Å². The Morgan fingerprint density at radius 1 is 0.667 bits per heavy atom. The molecule has 1 heterocycles. The molecule has 0 spiro atoms. The average molecular weight is 395 g/mol. The number of hydrogen-bond donors (Lipinski definition) is 0. The Morgan fingerprint density at radius 2 is 1.37 bits per heavy atom. The summed E-state index contributed by atoms with van der Waals surface area (Å²) in [4.78, 5) is 0. The molecule has 1 aromatic heterocycles. The molecule has 3 aromatic rings. The number of rotatable bonds is 8. The molecule has 3 rings (SSSR count). The Labute approximate surface area is 181 Å². The molecule has 0 aliphatic carbocycles. The highest BCUT2D eigenvalue weighted by molar-refractivity contribution is 5.86. The minimum Gasteiger partial charge on any atom is -0.149 e. The van der Waals surface area contributed by atoms with Gasteiger partial charge in [0, 0.05) is 17.4 Å². The van der Waals surface area contributed by atoms with Crippen LogP contribution in [-0.4, -0.2) is 10.2 Å². The van der Waals surface area contributed by atoms with Gasteiger partial charge in [0.15, 0.2) is 5.69 Å². The summed E-state index contributed by atoms with van der Waals surface area (Å²) in [7, 11) is 0. The van der Waals surface area contributed by atoms with E-state index in [1.165, 1.54) is 44.9 Å². The van der Waals surface area contributed by atoms with Crippen molar-refractivity contribution in [1.82, 2.24) is 10.2 Å². The summed E-state index contributed by atoms with van der Waals surface area (Å²) < 4.78 is 0. The largest absolute Gasteiger partial charge is 0.152 e. The molecule has 0 radical (unpaired) electrons. The first-order valence-electron chi connectivity index (χ1n) is 11.2. The summed E-state index contributed by atoms with van der Waals surface area (Å²) in [6, 6.07) is 18.0. The van der Waals surface area contributed by atoms with Crippen molar-refractivity contribution in [2.24, 2.45) is 0 Å². The van der Waals surface area contributed by atoms with Gasteiger partial charge in [-0.3, -0.25) is 0 Å². The van der Waals surface area contributed by atoms with Crippen molar-refractivity contribution in [3.63, 3.8) is 0 Å². The molecular weight excluding hydrogens is 364 g/mol. The second-order valence-corrected chi connectivity index (χ2v) is 7.58. The van der Waals surface area contributed by atoms with Crippen LogP contribution in [0.2, 0.25) is 0 Å². The van der Waals surface area contributed by atoms with Crippen molar-refractivity contribution in [2.75, 3.05) is 0 Å². The van der Waals surface area contributed by atoms with Crippen LogP contribution in [0.5, 0.6) is 0 Å². The van der Waals surface area contributed by atoms with E-state index in [1.807, 2.05) is 54.6 Å². The molecule has 0 bridgehead atoms. The summed E-state index contributed by atoms with van der Waals surface area (Å²) in [6.07, 6.45) is 11.4. The third-order valence-electron chi connectivity index (χ3n) is 5.14. The highest BCUT2D eigenvalue weighted by Crippen LogP contribution is 2.18. The van der Waals surface area contributed by atoms with E-state index in [2.05, 4.69) is 40.8 Å². The van der Waals surface area contributed by atoms with E-state index < -0.39 is 0 Å². The fraction of sp³-hybridized carbons (Fsp3) is 0.357. The normalized spacial score (nSPS) is 10.2. The Morgan fingerprint density at radius 3 is 2.17 bits per heavy atom. The van der Waals surface area contributed by atoms with Gasteiger partial charge in [0.25, 0.3) is 0 Å². The third kappa shape index (κ3) is 6.75. The minimum absolute atomic E-state index is 0.677. The zero-order chi connectivity index (χ0) is 20.9. The average Bonchev–Trinajstić information content (AvgIpc) is 2.80. The maximum Gasteiger partial charge on any atom is 0.152 e. The highest BCUT2D eigenvalue weighted by Gasteiger charge is 2.06. The monoisotopic (exact) mass is 394 g/mol. The molecule has 0 unspecified atom stereocenters. The van der Waals surface area contributed by atoms with Crippen LogP contribution in [0, 0.1) is 23.7 Å². The predicted molar refractivity (Wildman–Crippen MR) is 126 cm³/mol. The minimum atomic E-state index is 0.677. The van der Waals surface area contributed by atoms with Crippen molar-refractivity contribution in [2.45, 2.75) is 64.7 Å².